The Labute approximate surface area is 106 Å². The van der Waals surface area contributed by atoms with E-state index in [0.717, 1.165) is 11.3 Å². The van der Waals surface area contributed by atoms with Crippen LogP contribution in [0, 0.1) is 12.3 Å². The predicted octanol–water partition coefficient (Wildman–Crippen LogP) is 0.857. The summed E-state index contributed by atoms with van der Waals surface area (Å²) in [5, 5.41) is 11.7. The fourth-order valence-electron chi connectivity index (χ4n) is 1.08. The normalized spacial score (nSPS) is 11.4. The van der Waals surface area contributed by atoms with Crippen LogP contribution in [0.4, 0.5) is 4.79 Å². The zero-order chi connectivity index (χ0) is 13.3. The van der Waals surface area contributed by atoms with Gasteiger partial charge in [-0.1, -0.05) is 12.8 Å². The van der Waals surface area contributed by atoms with Gasteiger partial charge in [0.25, 0.3) is 0 Å². The number of nitrogens with one attached hydrogen (secondary N) is 1. The highest BCUT2D eigenvalue weighted by Crippen LogP contribution is 2.07. The Kier molecular flexibility index (Phi) is 8.07. The molecule has 6 heteroatoms. The minimum absolute atomic E-state index is 0.00376. The van der Waals surface area contributed by atoms with Crippen molar-refractivity contribution in [2.75, 3.05) is 25.9 Å². The third-order valence-corrected chi connectivity index (χ3v) is 3.17. The fraction of sp³-hybridized carbons (Fsp3) is 0.636. The van der Waals surface area contributed by atoms with E-state index in [4.69, 9.17) is 11.5 Å². The number of hydrogen-bond donors (Lipinski definition) is 2. The number of amides is 2. The van der Waals surface area contributed by atoms with Gasteiger partial charge in [-0.3, -0.25) is 4.79 Å². The molecule has 0 radical (unpaired) electrons. The van der Waals surface area contributed by atoms with Crippen molar-refractivity contribution >= 4 is 23.8 Å². The monoisotopic (exact) mass is 258 g/mol. The SMILES string of the molecule is C#CCN(CC(=O)O)C(=O)NCCC(C)SC. The summed E-state index contributed by atoms with van der Waals surface area (Å²) in [6.45, 7) is 2.19. The zero-order valence-corrected chi connectivity index (χ0v) is 10.9. The molecule has 0 rings (SSSR count). The molecule has 0 saturated carbocycles. The average Bonchev–Trinajstić information content (AvgIpc) is 2.27. The van der Waals surface area contributed by atoms with Crippen LogP contribution in [0.3, 0.4) is 0 Å². The molecule has 0 fully saturated rings. The number of rotatable bonds is 7. The van der Waals surface area contributed by atoms with Gasteiger partial charge in [0, 0.05) is 11.8 Å². The van der Waals surface area contributed by atoms with Crippen LogP contribution < -0.4 is 5.32 Å². The molecule has 0 heterocycles. The maximum absolute atomic E-state index is 11.6. The first-order chi connectivity index (χ1) is 8.01. The summed E-state index contributed by atoms with van der Waals surface area (Å²) in [5.41, 5.74) is 0. The van der Waals surface area contributed by atoms with Gasteiger partial charge in [0.1, 0.15) is 6.54 Å². The first-order valence-electron chi connectivity index (χ1n) is 5.22. The van der Waals surface area contributed by atoms with Gasteiger partial charge in [-0.05, 0) is 12.7 Å². The van der Waals surface area contributed by atoms with Crippen LogP contribution in [0.1, 0.15) is 13.3 Å². The number of carbonyl (C=O) groups excluding carboxylic acids is 1. The quantitative estimate of drug-likeness (QED) is 0.664. The Morgan fingerprint density at radius 3 is 2.71 bits per heavy atom. The molecule has 0 aromatic carbocycles. The first-order valence-corrected chi connectivity index (χ1v) is 6.50. The second-order valence-corrected chi connectivity index (χ2v) is 4.80. The molecule has 0 aromatic rings. The molecule has 0 bridgehead atoms. The minimum Gasteiger partial charge on any atom is -0.480 e. The number of urea groups is 1. The molecule has 0 saturated heterocycles. The Morgan fingerprint density at radius 1 is 1.59 bits per heavy atom. The third kappa shape index (κ3) is 7.53. The number of carboxylic acids is 1. The number of carbonyl (C=O) groups is 2. The number of terminal acetylenes is 1. The predicted molar refractivity (Wildman–Crippen MR) is 69.0 cm³/mol. The number of carboxylic acid groups (broad SMARTS) is 1. The zero-order valence-electron chi connectivity index (χ0n) is 10.1. The van der Waals surface area contributed by atoms with Crippen molar-refractivity contribution in [1.82, 2.24) is 10.2 Å². The number of nitrogens with zero attached hydrogens (tertiary/aromatic N) is 1. The van der Waals surface area contributed by atoms with E-state index >= 15 is 0 Å². The molecular weight excluding hydrogens is 240 g/mol. The molecular formula is C11H18N2O3S. The molecule has 2 N–H and O–H groups in total. The Hall–Kier alpha value is -1.35. The van der Waals surface area contributed by atoms with Crippen molar-refractivity contribution in [1.29, 1.82) is 0 Å². The van der Waals surface area contributed by atoms with Gasteiger partial charge in [-0.2, -0.15) is 11.8 Å². The average molecular weight is 258 g/mol. The molecule has 5 nitrogen and oxygen atoms in total. The van der Waals surface area contributed by atoms with Gasteiger partial charge in [-0.15, -0.1) is 6.42 Å². The minimum atomic E-state index is -1.08. The van der Waals surface area contributed by atoms with Crippen LogP contribution in [-0.2, 0) is 4.79 Å². The number of thioether (sulfide) groups is 1. The molecule has 0 aliphatic carbocycles. The highest BCUT2D eigenvalue weighted by atomic mass is 32.2. The van der Waals surface area contributed by atoms with Gasteiger partial charge in [-0.25, -0.2) is 4.79 Å². The summed E-state index contributed by atoms with van der Waals surface area (Å²) in [7, 11) is 0. The highest BCUT2D eigenvalue weighted by molar-refractivity contribution is 7.99. The van der Waals surface area contributed by atoms with Gasteiger partial charge in [0.2, 0.25) is 0 Å². The second kappa shape index (κ2) is 8.76. The van der Waals surface area contributed by atoms with Crippen LogP contribution in [0.15, 0.2) is 0 Å². The lowest BCUT2D eigenvalue weighted by Crippen LogP contribution is -2.43. The van der Waals surface area contributed by atoms with E-state index in [1.165, 1.54) is 0 Å². The van der Waals surface area contributed by atoms with E-state index in [2.05, 4.69) is 18.2 Å². The van der Waals surface area contributed by atoms with E-state index in [1.54, 1.807) is 11.8 Å². The molecule has 0 aliphatic rings. The van der Waals surface area contributed by atoms with Crippen molar-refractivity contribution in [3.63, 3.8) is 0 Å². The van der Waals surface area contributed by atoms with Crippen molar-refractivity contribution < 1.29 is 14.7 Å². The molecule has 1 unspecified atom stereocenters. The summed E-state index contributed by atoms with van der Waals surface area (Å²) in [6.07, 6.45) is 7.91. The number of hydrogen-bond acceptors (Lipinski definition) is 3. The molecule has 1 atom stereocenters. The summed E-state index contributed by atoms with van der Waals surface area (Å²) in [6, 6.07) is -0.432. The molecule has 0 aromatic heterocycles. The Bertz CT molecular complexity index is 302. The fourth-order valence-corrected chi connectivity index (χ4v) is 1.44. The van der Waals surface area contributed by atoms with Crippen molar-refractivity contribution in [3.8, 4) is 12.3 Å². The van der Waals surface area contributed by atoms with E-state index in [0.29, 0.717) is 11.8 Å². The van der Waals surface area contributed by atoms with Gasteiger partial charge < -0.3 is 15.3 Å². The third-order valence-electron chi connectivity index (χ3n) is 2.12. The standard InChI is InChI=1S/C11H18N2O3S/c1-4-7-13(8-10(14)15)11(16)12-6-5-9(2)17-3/h1,9H,5-8H2,2-3H3,(H,12,16)(H,14,15). The van der Waals surface area contributed by atoms with Crippen LogP contribution in [0.5, 0.6) is 0 Å². The Morgan fingerprint density at radius 2 is 2.24 bits per heavy atom. The lowest BCUT2D eigenvalue weighted by molar-refractivity contribution is -0.137. The Balaban J connectivity index is 4.06. The second-order valence-electron chi connectivity index (χ2n) is 3.52. The van der Waals surface area contributed by atoms with Crippen molar-refractivity contribution in [2.24, 2.45) is 0 Å². The van der Waals surface area contributed by atoms with Crippen LogP contribution in [0.2, 0.25) is 0 Å². The summed E-state index contributed by atoms with van der Waals surface area (Å²) < 4.78 is 0. The smallest absolute Gasteiger partial charge is 0.323 e. The van der Waals surface area contributed by atoms with E-state index < -0.39 is 12.0 Å². The first kappa shape index (κ1) is 15.7. The van der Waals surface area contributed by atoms with E-state index in [9.17, 15) is 9.59 Å². The molecule has 0 spiro atoms. The van der Waals surface area contributed by atoms with Crippen LogP contribution >= 0.6 is 11.8 Å². The van der Waals surface area contributed by atoms with E-state index in [1.807, 2.05) is 6.26 Å². The summed E-state index contributed by atoms with van der Waals surface area (Å²) in [5.74, 6) is 1.19. The van der Waals surface area contributed by atoms with Gasteiger partial charge in [0.15, 0.2) is 0 Å². The summed E-state index contributed by atoms with van der Waals surface area (Å²) in [4.78, 5) is 23.2. The topological polar surface area (TPSA) is 69.6 Å². The van der Waals surface area contributed by atoms with Gasteiger partial charge in [0.05, 0.1) is 6.54 Å². The molecule has 2 amide bonds. The highest BCUT2D eigenvalue weighted by Gasteiger charge is 2.15. The van der Waals surface area contributed by atoms with Crippen LogP contribution in [0.25, 0.3) is 0 Å². The van der Waals surface area contributed by atoms with Crippen LogP contribution in [-0.4, -0.2) is 53.1 Å². The largest absolute Gasteiger partial charge is 0.480 e. The molecule has 0 aliphatic heterocycles. The van der Waals surface area contributed by atoms with Gasteiger partial charge >= 0.3 is 12.0 Å². The van der Waals surface area contributed by atoms with E-state index in [-0.39, 0.29) is 13.1 Å². The van der Waals surface area contributed by atoms with Crippen molar-refractivity contribution in [2.45, 2.75) is 18.6 Å². The maximum atomic E-state index is 11.6. The lowest BCUT2D eigenvalue weighted by Gasteiger charge is -2.19. The summed E-state index contributed by atoms with van der Waals surface area (Å²) >= 11 is 1.71. The number of aliphatic carboxylic acids is 1. The maximum Gasteiger partial charge on any atom is 0.323 e. The molecule has 96 valence electrons. The lowest BCUT2D eigenvalue weighted by atomic mass is 10.3. The molecule has 17 heavy (non-hydrogen) atoms. The van der Waals surface area contributed by atoms with Crippen molar-refractivity contribution in [3.05, 3.63) is 0 Å².